The van der Waals surface area contributed by atoms with Crippen LogP contribution in [0.4, 0.5) is 0 Å². The Kier molecular flexibility index (Phi) is 3.42. The van der Waals surface area contributed by atoms with E-state index in [2.05, 4.69) is 18.0 Å². The molecule has 4 rings (SSSR count). The van der Waals surface area contributed by atoms with Crippen LogP contribution in [0, 0.1) is 0 Å². The number of fused-ring (bicyclic) bond motifs is 1. The second-order valence-corrected chi connectivity index (χ2v) is 7.87. The monoisotopic (exact) mass is 341 g/mol. The van der Waals surface area contributed by atoms with Gasteiger partial charge in [0.05, 0.1) is 7.11 Å². The number of hydrogen-bond donors (Lipinski definition) is 2. The number of carboxylic acids is 1. The van der Waals surface area contributed by atoms with Crippen molar-refractivity contribution in [2.45, 2.75) is 31.6 Å². The molecule has 0 unspecified atom stereocenters. The van der Waals surface area contributed by atoms with E-state index in [9.17, 15) is 4.79 Å². The zero-order valence-electron chi connectivity index (χ0n) is 13.7. The fourth-order valence-electron chi connectivity index (χ4n) is 3.26. The van der Waals surface area contributed by atoms with Crippen LogP contribution in [0.3, 0.4) is 0 Å². The maximum atomic E-state index is 11.1. The van der Waals surface area contributed by atoms with Crippen molar-refractivity contribution in [3.63, 3.8) is 0 Å². The smallest absolute Gasteiger partial charge is 0.345 e. The first-order valence-corrected chi connectivity index (χ1v) is 8.83. The summed E-state index contributed by atoms with van der Waals surface area (Å²) in [5, 5.41) is 10.3. The van der Waals surface area contributed by atoms with Gasteiger partial charge in [-0.05, 0) is 42.7 Å². The number of benzene rings is 1. The highest BCUT2D eigenvalue weighted by atomic mass is 32.1. The number of nitrogens with one attached hydrogen (secondary N) is 1. The number of methoxy groups -OCH3 is 1. The highest BCUT2D eigenvalue weighted by Crippen LogP contribution is 2.50. The average molecular weight is 341 g/mol. The molecule has 1 aliphatic carbocycles. The van der Waals surface area contributed by atoms with Crippen LogP contribution < -0.4 is 4.74 Å². The van der Waals surface area contributed by atoms with Crippen molar-refractivity contribution in [3.05, 3.63) is 51.3 Å². The predicted molar refractivity (Wildman–Crippen MR) is 95.5 cm³/mol. The molecule has 0 atom stereocenters. The minimum atomic E-state index is -0.857. The zero-order valence-corrected chi connectivity index (χ0v) is 14.5. The van der Waals surface area contributed by atoms with Gasteiger partial charge in [0.15, 0.2) is 0 Å². The van der Waals surface area contributed by atoms with E-state index in [0.29, 0.717) is 4.88 Å². The first kappa shape index (κ1) is 15.3. The van der Waals surface area contributed by atoms with Crippen molar-refractivity contribution < 1.29 is 14.6 Å². The van der Waals surface area contributed by atoms with E-state index in [0.717, 1.165) is 22.6 Å². The summed E-state index contributed by atoms with van der Waals surface area (Å²) in [5.74, 6) is -0.0172. The molecule has 0 bridgehead atoms. The fourth-order valence-corrected chi connectivity index (χ4v) is 4.12. The molecule has 0 spiro atoms. The molecule has 0 saturated heterocycles. The van der Waals surface area contributed by atoms with E-state index < -0.39 is 5.97 Å². The van der Waals surface area contributed by atoms with Crippen molar-refractivity contribution in [1.82, 2.24) is 4.98 Å². The maximum absolute atomic E-state index is 11.1. The van der Waals surface area contributed by atoms with E-state index >= 15 is 0 Å². The van der Waals surface area contributed by atoms with Gasteiger partial charge in [-0.2, -0.15) is 0 Å². The lowest BCUT2D eigenvalue weighted by Gasteiger charge is -2.10. The summed E-state index contributed by atoms with van der Waals surface area (Å²) >= 11 is 1.36. The molecule has 2 heterocycles. The predicted octanol–water partition coefficient (Wildman–Crippen LogP) is 4.58. The third-order valence-electron chi connectivity index (χ3n) is 4.94. The molecule has 0 aliphatic heterocycles. The Morgan fingerprint density at radius 1 is 1.33 bits per heavy atom. The molecule has 124 valence electrons. The molecule has 2 N–H and O–H groups in total. The van der Waals surface area contributed by atoms with E-state index in [1.807, 2.05) is 18.2 Å². The molecule has 0 radical (unpaired) electrons. The molecule has 3 aromatic rings. The van der Waals surface area contributed by atoms with E-state index in [1.165, 1.54) is 40.8 Å². The number of aromatic nitrogens is 1. The lowest BCUT2D eigenvalue weighted by atomic mass is 9.97. The van der Waals surface area contributed by atoms with Crippen molar-refractivity contribution in [1.29, 1.82) is 0 Å². The molecule has 1 aromatic carbocycles. The molecule has 1 fully saturated rings. The second kappa shape index (κ2) is 5.38. The number of carbonyl (C=O) groups is 1. The number of aromatic amines is 1. The van der Waals surface area contributed by atoms with E-state index in [-0.39, 0.29) is 5.41 Å². The Balaban J connectivity index is 1.81. The number of thiophene rings is 1. The van der Waals surface area contributed by atoms with Crippen LogP contribution in [-0.2, 0) is 11.8 Å². The summed E-state index contributed by atoms with van der Waals surface area (Å²) in [6.07, 6.45) is 3.14. The van der Waals surface area contributed by atoms with Gasteiger partial charge in [0, 0.05) is 39.4 Å². The minimum absolute atomic E-state index is 0.217. The van der Waals surface area contributed by atoms with Gasteiger partial charge in [0.2, 0.25) is 0 Å². The number of carboxylic acid groups (broad SMARTS) is 1. The molecular weight excluding hydrogens is 322 g/mol. The quantitative estimate of drug-likeness (QED) is 0.714. The van der Waals surface area contributed by atoms with Crippen LogP contribution in [0.15, 0.2) is 30.3 Å². The average Bonchev–Trinajstić information content (AvgIpc) is 3.00. The van der Waals surface area contributed by atoms with Crippen LogP contribution in [-0.4, -0.2) is 23.2 Å². The summed E-state index contributed by atoms with van der Waals surface area (Å²) in [6, 6.07) is 9.73. The summed E-state index contributed by atoms with van der Waals surface area (Å²) in [7, 11) is 1.67. The highest BCUT2D eigenvalue weighted by Gasteiger charge is 2.42. The third-order valence-corrected chi connectivity index (χ3v) is 6.01. The van der Waals surface area contributed by atoms with Crippen LogP contribution in [0.25, 0.3) is 10.9 Å². The van der Waals surface area contributed by atoms with Crippen LogP contribution >= 0.6 is 11.3 Å². The zero-order chi connectivity index (χ0) is 16.9. The number of ether oxygens (including phenoxy) is 1. The van der Waals surface area contributed by atoms with Gasteiger partial charge in [-0.25, -0.2) is 4.79 Å². The Labute approximate surface area is 144 Å². The summed E-state index contributed by atoms with van der Waals surface area (Å²) in [6.45, 7) is 2.29. The molecule has 1 saturated carbocycles. The second-order valence-electron chi connectivity index (χ2n) is 6.70. The van der Waals surface area contributed by atoms with E-state index in [1.54, 1.807) is 13.2 Å². The lowest BCUT2D eigenvalue weighted by Crippen LogP contribution is -2.04. The van der Waals surface area contributed by atoms with E-state index in [4.69, 9.17) is 9.84 Å². The molecule has 24 heavy (non-hydrogen) atoms. The molecule has 5 heteroatoms. The molecule has 2 aromatic heterocycles. The third kappa shape index (κ3) is 2.49. The fraction of sp³-hybridized carbons (Fsp3) is 0.316. The Bertz CT molecular complexity index is 933. The molecular formula is C19H19NO3S. The summed E-state index contributed by atoms with van der Waals surface area (Å²) in [4.78, 5) is 16.2. The highest BCUT2D eigenvalue weighted by molar-refractivity contribution is 7.13. The Morgan fingerprint density at radius 2 is 2.12 bits per heavy atom. The number of aromatic carboxylic acids is 1. The van der Waals surface area contributed by atoms with Gasteiger partial charge in [-0.15, -0.1) is 11.3 Å². The van der Waals surface area contributed by atoms with Gasteiger partial charge in [-0.3, -0.25) is 0 Å². The van der Waals surface area contributed by atoms with Gasteiger partial charge in [0.1, 0.15) is 10.6 Å². The van der Waals surface area contributed by atoms with Crippen molar-refractivity contribution in [2.75, 3.05) is 7.11 Å². The molecule has 1 aliphatic rings. The SMILES string of the molecule is COc1ccc2c(Cc3ccc(C(=O)O)s3)c(C3(C)CC3)[nH]c2c1. The Hall–Kier alpha value is -2.27. The van der Waals surface area contributed by atoms with Crippen LogP contribution in [0.1, 0.15) is 45.6 Å². The van der Waals surface area contributed by atoms with Crippen LogP contribution in [0.2, 0.25) is 0 Å². The van der Waals surface area contributed by atoms with Gasteiger partial charge in [-0.1, -0.05) is 6.92 Å². The topological polar surface area (TPSA) is 62.3 Å². The minimum Gasteiger partial charge on any atom is -0.497 e. The Morgan fingerprint density at radius 3 is 2.75 bits per heavy atom. The normalized spacial score (nSPS) is 15.6. The molecule has 4 nitrogen and oxygen atoms in total. The van der Waals surface area contributed by atoms with Crippen LogP contribution in [0.5, 0.6) is 5.75 Å². The number of rotatable bonds is 5. The summed E-state index contributed by atoms with van der Waals surface area (Å²) in [5.41, 5.74) is 3.87. The standard InChI is InChI=1S/C19H19NO3S/c1-19(7-8-19)17-14(10-12-4-6-16(24-12)18(21)22)13-5-3-11(23-2)9-15(13)20-17/h3-6,9,20H,7-8,10H2,1-2H3,(H,21,22). The number of hydrogen-bond acceptors (Lipinski definition) is 3. The maximum Gasteiger partial charge on any atom is 0.345 e. The van der Waals surface area contributed by atoms with Crippen molar-refractivity contribution in [3.8, 4) is 5.75 Å². The number of H-pyrrole nitrogens is 1. The largest absolute Gasteiger partial charge is 0.497 e. The van der Waals surface area contributed by atoms with Gasteiger partial charge < -0.3 is 14.8 Å². The summed E-state index contributed by atoms with van der Waals surface area (Å²) < 4.78 is 5.34. The molecule has 0 amide bonds. The first-order chi connectivity index (χ1) is 11.5. The van der Waals surface area contributed by atoms with Crippen molar-refractivity contribution >= 4 is 28.2 Å². The van der Waals surface area contributed by atoms with Gasteiger partial charge >= 0.3 is 5.97 Å². The van der Waals surface area contributed by atoms with Crippen molar-refractivity contribution in [2.24, 2.45) is 0 Å². The lowest BCUT2D eigenvalue weighted by molar-refractivity contribution is 0.0702. The van der Waals surface area contributed by atoms with Gasteiger partial charge in [0.25, 0.3) is 0 Å². The first-order valence-electron chi connectivity index (χ1n) is 8.01.